The molecule has 1 aromatic heterocycles. The van der Waals surface area contributed by atoms with Gasteiger partial charge in [-0.1, -0.05) is 23.9 Å². The van der Waals surface area contributed by atoms with E-state index in [1.165, 1.54) is 0 Å². The van der Waals surface area contributed by atoms with Crippen LogP contribution >= 0.6 is 11.8 Å². The maximum absolute atomic E-state index is 11.9. The minimum Gasteiger partial charge on any atom is -0.418 e. The van der Waals surface area contributed by atoms with Gasteiger partial charge in [0, 0.05) is 16.0 Å². The predicted molar refractivity (Wildman–Crippen MR) is 84.1 cm³/mol. The zero-order valence-corrected chi connectivity index (χ0v) is 12.0. The molecule has 3 rings (SSSR count). The highest BCUT2D eigenvalue weighted by atomic mass is 32.2. The number of para-hydroxylation sites is 1. The molecule has 3 aromatic rings. The summed E-state index contributed by atoms with van der Waals surface area (Å²) in [6, 6.07) is 13.6. The van der Waals surface area contributed by atoms with Crippen LogP contribution in [0.3, 0.4) is 0 Å². The molecule has 6 nitrogen and oxygen atoms in total. The van der Waals surface area contributed by atoms with Gasteiger partial charge >= 0.3 is 11.3 Å². The average Bonchev–Trinajstić information content (AvgIpc) is 2.49. The van der Waals surface area contributed by atoms with Crippen LogP contribution < -0.4 is 11.4 Å². The van der Waals surface area contributed by atoms with Crippen molar-refractivity contribution >= 4 is 34.1 Å². The van der Waals surface area contributed by atoms with E-state index < -0.39 is 16.2 Å². The lowest BCUT2D eigenvalue weighted by atomic mass is 10.2. The first-order valence-electron chi connectivity index (χ1n) is 6.30. The Bertz CT molecular complexity index is 919. The van der Waals surface area contributed by atoms with Gasteiger partial charge in [-0.2, -0.15) is 0 Å². The summed E-state index contributed by atoms with van der Waals surface area (Å²) in [5.41, 5.74) is 5.03. The third-order valence-corrected chi connectivity index (χ3v) is 4.15. The first-order valence-corrected chi connectivity index (χ1v) is 7.11. The standard InChI is InChI=1S/C15H10N2O4S/c16-9-5-7-10(8-6-9)22-14-11-3-1-2-4-12(11)21-15(18)13(14)17(19)20/h1-8H,16H2. The molecule has 0 saturated heterocycles. The Kier molecular flexibility index (Phi) is 3.56. The van der Waals surface area contributed by atoms with Gasteiger partial charge in [0.15, 0.2) is 0 Å². The lowest BCUT2D eigenvalue weighted by molar-refractivity contribution is -0.390. The number of nitrogen functional groups attached to an aromatic ring is 1. The van der Waals surface area contributed by atoms with Crippen molar-refractivity contribution in [3.05, 3.63) is 69.1 Å². The average molecular weight is 314 g/mol. The van der Waals surface area contributed by atoms with Gasteiger partial charge in [0.05, 0.1) is 4.92 Å². The number of fused-ring (bicyclic) bond motifs is 1. The minimum atomic E-state index is -0.957. The zero-order chi connectivity index (χ0) is 15.7. The highest BCUT2D eigenvalue weighted by Crippen LogP contribution is 2.38. The van der Waals surface area contributed by atoms with E-state index in [9.17, 15) is 14.9 Å². The molecule has 0 aliphatic carbocycles. The van der Waals surface area contributed by atoms with Gasteiger partial charge < -0.3 is 10.2 Å². The Morgan fingerprint density at radius 2 is 1.77 bits per heavy atom. The van der Waals surface area contributed by atoms with Crippen molar-refractivity contribution in [3.8, 4) is 0 Å². The summed E-state index contributed by atoms with van der Waals surface area (Å²) in [4.78, 5) is 23.4. The maximum atomic E-state index is 11.9. The van der Waals surface area contributed by atoms with Crippen LogP contribution in [0.4, 0.5) is 11.4 Å². The van der Waals surface area contributed by atoms with Crippen LogP contribution in [0.15, 0.2) is 67.5 Å². The van der Waals surface area contributed by atoms with Gasteiger partial charge in [-0.05, 0) is 36.4 Å². The van der Waals surface area contributed by atoms with Crippen LogP contribution in [-0.4, -0.2) is 4.92 Å². The molecule has 2 N–H and O–H groups in total. The van der Waals surface area contributed by atoms with E-state index in [0.29, 0.717) is 16.7 Å². The Labute approximate surface area is 128 Å². The van der Waals surface area contributed by atoms with Gasteiger partial charge in [-0.3, -0.25) is 10.1 Å². The summed E-state index contributed by atoms with van der Waals surface area (Å²) in [5.74, 6) is 0. The number of nitro groups is 1. The fourth-order valence-corrected chi connectivity index (χ4v) is 3.07. The molecular formula is C15H10N2O4S. The molecule has 0 saturated carbocycles. The van der Waals surface area contributed by atoms with E-state index >= 15 is 0 Å². The number of hydrogen-bond acceptors (Lipinski definition) is 6. The lowest BCUT2D eigenvalue weighted by Crippen LogP contribution is -2.08. The number of rotatable bonds is 3. The third-order valence-electron chi connectivity index (χ3n) is 3.03. The Balaban J connectivity index is 2.25. The van der Waals surface area contributed by atoms with Crippen molar-refractivity contribution in [1.29, 1.82) is 0 Å². The van der Waals surface area contributed by atoms with E-state index in [1.54, 1.807) is 48.5 Å². The Hall–Kier alpha value is -2.80. The fraction of sp³-hybridized carbons (Fsp3) is 0. The van der Waals surface area contributed by atoms with Gasteiger partial charge in [-0.15, -0.1) is 0 Å². The largest absolute Gasteiger partial charge is 0.418 e. The molecule has 110 valence electrons. The monoisotopic (exact) mass is 314 g/mol. The van der Waals surface area contributed by atoms with Gasteiger partial charge in [0.2, 0.25) is 0 Å². The Morgan fingerprint density at radius 1 is 1.09 bits per heavy atom. The predicted octanol–water partition coefficient (Wildman–Crippen LogP) is 3.43. The fourth-order valence-electron chi connectivity index (χ4n) is 2.03. The van der Waals surface area contributed by atoms with Crippen molar-refractivity contribution in [2.24, 2.45) is 0 Å². The molecule has 0 aliphatic heterocycles. The lowest BCUT2D eigenvalue weighted by Gasteiger charge is -2.06. The van der Waals surface area contributed by atoms with Crippen LogP contribution in [-0.2, 0) is 0 Å². The zero-order valence-electron chi connectivity index (χ0n) is 11.2. The highest BCUT2D eigenvalue weighted by molar-refractivity contribution is 7.99. The number of benzene rings is 2. The Morgan fingerprint density at radius 3 is 2.45 bits per heavy atom. The maximum Gasteiger partial charge on any atom is 0.416 e. The normalized spacial score (nSPS) is 10.7. The minimum absolute atomic E-state index is 0.265. The van der Waals surface area contributed by atoms with E-state index in [-0.39, 0.29) is 4.90 Å². The van der Waals surface area contributed by atoms with Crippen molar-refractivity contribution in [3.63, 3.8) is 0 Å². The molecule has 0 radical (unpaired) electrons. The number of hydrogen-bond donors (Lipinski definition) is 1. The number of nitrogens with zero attached hydrogens (tertiary/aromatic N) is 1. The smallest absolute Gasteiger partial charge is 0.416 e. The van der Waals surface area contributed by atoms with E-state index in [2.05, 4.69) is 0 Å². The first kappa shape index (κ1) is 14.2. The SMILES string of the molecule is Nc1ccc(Sc2c([N+](=O)[O-])c(=O)oc3ccccc23)cc1. The number of anilines is 1. The van der Waals surface area contributed by atoms with Crippen LogP contribution in [0.25, 0.3) is 11.0 Å². The topological polar surface area (TPSA) is 99.4 Å². The van der Waals surface area contributed by atoms with Crippen LogP contribution in [0.5, 0.6) is 0 Å². The summed E-state index contributed by atoms with van der Waals surface area (Å²) in [5, 5.41) is 11.8. The molecule has 0 bridgehead atoms. The van der Waals surface area contributed by atoms with E-state index in [4.69, 9.17) is 10.2 Å². The second-order valence-electron chi connectivity index (χ2n) is 4.49. The van der Waals surface area contributed by atoms with Gasteiger partial charge in [0.1, 0.15) is 10.5 Å². The summed E-state index contributed by atoms with van der Waals surface area (Å²) < 4.78 is 5.02. The molecule has 0 amide bonds. The van der Waals surface area contributed by atoms with Crippen molar-refractivity contribution in [2.45, 2.75) is 9.79 Å². The first-order chi connectivity index (χ1) is 10.6. The van der Waals surface area contributed by atoms with Crippen LogP contribution in [0.2, 0.25) is 0 Å². The molecule has 0 fully saturated rings. The van der Waals surface area contributed by atoms with Crippen molar-refractivity contribution < 1.29 is 9.34 Å². The van der Waals surface area contributed by atoms with Gasteiger partial charge in [0.25, 0.3) is 0 Å². The molecule has 0 spiro atoms. The highest BCUT2D eigenvalue weighted by Gasteiger charge is 2.25. The van der Waals surface area contributed by atoms with E-state index in [0.717, 1.165) is 16.7 Å². The summed E-state index contributed by atoms with van der Waals surface area (Å²) >= 11 is 1.14. The van der Waals surface area contributed by atoms with Crippen LogP contribution in [0, 0.1) is 10.1 Å². The van der Waals surface area contributed by atoms with Gasteiger partial charge in [-0.25, -0.2) is 4.79 Å². The summed E-state index contributed by atoms with van der Waals surface area (Å²) in [7, 11) is 0. The second kappa shape index (κ2) is 5.53. The summed E-state index contributed by atoms with van der Waals surface area (Å²) in [6.07, 6.45) is 0. The molecule has 0 aliphatic rings. The molecule has 0 unspecified atom stereocenters. The molecule has 7 heteroatoms. The molecule has 1 heterocycles. The molecule has 0 atom stereocenters. The second-order valence-corrected chi connectivity index (χ2v) is 5.58. The summed E-state index contributed by atoms with van der Waals surface area (Å²) in [6.45, 7) is 0. The third kappa shape index (κ3) is 2.53. The van der Waals surface area contributed by atoms with Crippen molar-refractivity contribution in [1.82, 2.24) is 0 Å². The van der Waals surface area contributed by atoms with Crippen LogP contribution in [0.1, 0.15) is 0 Å². The molecule has 22 heavy (non-hydrogen) atoms. The molecular weight excluding hydrogens is 304 g/mol. The quantitative estimate of drug-likeness (QED) is 0.344. The number of nitrogens with two attached hydrogens (primary N) is 1. The van der Waals surface area contributed by atoms with Crippen molar-refractivity contribution in [2.75, 3.05) is 5.73 Å². The molecule has 2 aromatic carbocycles. The van der Waals surface area contributed by atoms with E-state index in [1.807, 2.05) is 0 Å².